The van der Waals surface area contributed by atoms with Crippen LogP contribution in [0.2, 0.25) is 0 Å². The molecule has 1 fully saturated rings. The Hall–Kier alpha value is -3.22. The van der Waals surface area contributed by atoms with Crippen LogP contribution in [-0.4, -0.2) is 43.8 Å². The molecular formula is C19H19N5O2. The molecule has 26 heavy (non-hydrogen) atoms. The number of aromatic nitrogens is 3. The Bertz CT molecular complexity index is 938. The Kier molecular flexibility index (Phi) is 4.35. The predicted octanol–water partition coefficient (Wildman–Crippen LogP) is 2.06. The van der Waals surface area contributed by atoms with Gasteiger partial charge in [0.25, 0.3) is 0 Å². The van der Waals surface area contributed by atoms with Crippen LogP contribution in [0.1, 0.15) is 12.8 Å². The van der Waals surface area contributed by atoms with E-state index in [4.69, 9.17) is 0 Å². The molecule has 1 saturated heterocycles. The van der Waals surface area contributed by atoms with Crippen molar-refractivity contribution < 1.29 is 9.59 Å². The van der Waals surface area contributed by atoms with Gasteiger partial charge < -0.3 is 14.8 Å². The lowest BCUT2D eigenvalue weighted by atomic mass is 10.2. The molecule has 1 unspecified atom stereocenters. The molecule has 3 aromatic rings. The Morgan fingerprint density at radius 1 is 1.27 bits per heavy atom. The molecule has 1 aromatic carbocycles. The van der Waals surface area contributed by atoms with Crippen LogP contribution in [0, 0.1) is 0 Å². The monoisotopic (exact) mass is 349 g/mol. The largest absolute Gasteiger partial charge is 0.335 e. The summed E-state index contributed by atoms with van der Waals surface area (Å²) in [7, 11) is 0. The minimum absolute atomic E-state index is 0.0113. The summed E-state index contributed by atoms with van der Waals surface area (Å²) in [4.78, 5) is 35.0. The van der Waals surface area contributed by atoms with Crippen molar-refractivity contribution in [2.24, 2.45) is 0 Å². The zero-order valence-electron chi connectivity index (χ0n) is 14.2. The number of rotatable bonds is 3. The molecule has 132 valence electrons. The van der Waals surface area contributed by atoms with Gasteiger partial charge in [0.15, 0.2) is 0 Å². The van der Waals surface area contributed by atoms with E-state index in [0.717, 1.165) is 23.7 Å². The number of amides is 2. The fourth-order valence-electron chi connectivity index (χ4n) is 3.39. The fourth-order valence-corrected chi connectivity index (χ4v) is 3.39. The first-order valence-corrected chi connectivity index (χ1v) is 8.63. The Labute approximate surface area is 150 Å². The first-order valence-electron chi connectivity index (χ1n) is 8.63. The molecule has 1 atom stereocenters. The van der Waals surface area contributed by atoms with Crippen LogP contribution in [0.15, 0.2) is 55.2 Å². The average Bonchev–Trinajstić information content (AvgIpc) is 3.33. The number of hydrogen-bond donors (Lipinski definition) is 1. The molecular weight excluding hydrogens is 330 g/mol. The van der Waals surface area contributed by atoms with E-state index in [9.17, 15) is 9.59 Å². The van der Waals surface area contributed by atoms with Gasteiger partial charge in [0, 0.05) is 30.9 Å². The maximum absolute atomic E-state index is 12.6. The van der Waals surface area contributed by atoms with Crippen molar-refractivity contribution in [3.63, 3.8) is 0 Å². The highest BCUT2D eigenvalue weighted by atomic mass is 16.2. The van der Waals surface area contributed by atoms with Gasteiger partial charge in [-0.3, -0.25) is 14.6 Å². The summed E-state index contributed by atoms with van der Waals surface area (Å²) >= 11 is 0. The molecule has 3 heterocycles. The molecule has 7 heteroatoms. The van der Waals surface area contributed by atoms with Gasteiger partial charge in [-0.25, -0.2) is 4.98 Å². The zero-order chi connectivity index (χ0) is 17.9. The van der Waals surface area contributed by atoms with E-state index in [-0.39, 0.29) is 6.04 Å². The third-order valence-electron chi connectivity index (χ3n) is 4.66. The van der Waals surface area contributed by atoms with Crippen LogP contribution in [0.25, 0.3) is 10.9 Å². The quantitative estimate of drug-likeness (QED) is 0.734. The highest BCUT2D eigenvalue weighted by Gasteiger charge is 2.32. The van der Waals surface area contributed by atoms with E-state index in [1.807, 2.05) is 41.1 Å². The van der Waals surface area contributed by atoms with E-state index < -0.39 is 11.8 Å². The van der Waals surface area contributed by atoms with Crippen molar-refractivity contribution in [2.45, 2.75) is 25.4 Å². The molecule has 0 spiro atoms. The first kappa shape index (κ1) is 16.3. The van der Waals surface area contributed by atoms with Crippen molar-refractivity contribution in [2.75, 3.05) is 11.9 Å². The van der Waals surface area contributed by atoms with Crippen LogP contribution in [0.5, 0.6) is 0 Å². The van der Waals surface area contributed by atoms with E-state index in [1.54, 1.807) is 23.6 Å². The van der Waals surface area contributed by atoms with E-state index in [0.29, 0.717) is 18.8 Å². The lowest BCUT2D eigenvalue weighted by Gasteiger charge is -2.24. The van der Waals surface area contributed by atoms with Crippen LogP contribution >= 0.6 is 0 Å². The fraction of sp³-hybridized carbons (Fsp3) is 0.263. The maximum Gasteiger partial charge on any atom is 0.313 e. The standard InChI is InChI=1S/C19H19N5O2/c25-18(22-15-10-14-4-1-2-6-17(14)21-11-15)19(26)24-8-3-5-16(24)12-23-9-7-20-13-23/h1-2,4,6-7,9-11,13,16H,3,5,8,12H2,(H,22,25). The first-order chi connectivity index (χ1) is 12.7. The van der Waals surface area contributed by atoms with Gasteiger partial charge in [-0.05, 0) is 25.0 Å². The van der Waals surface area contributed by atoms with Gasteiger partial charge in [0.1, 0.15) is 0 Å². The average molecular weight is 349 g/mol. The van der Waals surface area contributed by atoms with Crippen molar-refractivity contribution in [1.82, 2.24) is 19.4 Å². The smallest absolute Gasteiger partial charge is 0.313 e. The molecule has 1 aliphatic rings. The van der Waals surface area contributed by atoms with Crippen molar-refractivity contribution in [1.29, 1.82) is 0 Å². The summed E-state index contributed by atoms with van der Waals surface area (Å²) in [6.45, 7) is 1.25. The van der Waals surface area contributed by atoms with Gasteiger partial charge in [-0.1, -0.05) is 18.2 Å². The summed E-state index contributed by atoms with van der Waals surface area (Å²) in [5.41, 5.74) is 1.36. The van der Waals surface area contributed by atoms with Crippen molar-refractivity contribution in [3.05, 3.63) is 55.2 Å². The number of nitrogens with zero attached hydrogens (tertiary/aromatic N) is 4. The molecule has 2 aromatic heterocycles. The number of fused-ring (bicyclic) bond motifs is 1. The highest BCUT2D eigenvalue weighted by Crippen LogP contribution is 2.20. The molecule has 7 nitrogen and oxygen atoms in total. The topological polar surface area (TPSA) is 80.1 Å². The molecule has 1 N–H and O–H groups in total. The molecule has 0 radical (unpaired) electrons. The van der Waals surface area contributed by atoms with Gasteiger partial charge in [0.2, 0.25) is 0 Å². The van der Waals surface area contributed by atoms with E-state index in [2.05, 4.69) is 15.3 Å². The van der Waals surface area contributed by atoms with Crippen LogP contribution in [0.3, 0.4) is 0 Å². The third-order valence-corrected chi connectivity index (χ3v) is 4.66. The summed E-state index contributed by atoms with van der Waals surface area (Å²) in [5, 5.41) is 3.59. The molecule has 0 bridgehead atoms. The number of para-hydroxylation sites is 1. The van der Waals surface area contributed by atoms with Gasteiger partial charge >= 0.3 is 11.8 Å². The number of imidazole rings is 1. The molecule has 0 saturated carbocycles. The number of carbonyl (C=O) groups excluding carboxylic acids is 2. The second-order valence-corrected chi connectivity index (χ2v) is 6.42. The predicted molar refractivity (Wildman–Crippen MR) is 97.3 cm³/mol. The second-order valence-electron chi connectivity index (χ2n) is 6.42. The Morgan fingerprint density at radius 3 is 3.00 bits per heavy atom. The molecule has 1 aliphatic heterocycles. The lowest BCUT2D eigenvalue weighted by molar-refractivity contribution is -0.143. The van der Waals surface area contributed by atoms with Gasteiger partial charge in [0.05, 0.1) is 29.8 Å². The summed E-state index contributed by atoms with van der Waals surface area (Å²) < 4.78 is 1.93. The SMILES string of the molecule is O=C(Nc1cnc2ccccc2c1)C(=O)N1CCCC1Cn1ccnc1. The normalized spacial score (nSPS) is 16.8. The number of pyridine rings is 1. The Balaban J connectivity index is 1.45. The van der Waals surface area contributed by atoms with E-state index >= 15 is 0 Å². The lowest BCUT2D eigenvalue weighted by Crippen LogP contribution is -2.44. The molecule has 4 rings (SSSR count). The summed E-state index contributed by atoms with van der Waals surface area (Å²) in [5.74, 6) is -1.12. The third kappa shape index (κ3) is 3.28. The number of hydrogen-bond acceptors (Lipinski definition) is 4. The minimum Gasteiger partial charge on any atom is -0.335 e. The Morgan fingerprint density at radius 2 is 2.15 bits per heavy atom. The summed E-state index contributed by atoms with van der Waals surface area (Å²) in [6.07, 6.45) is 8.65. The zero-order valence-corrected chi connectivity index (χ0v) is 14.2. The number of carbonyl (C=O) groups is 2. The van der Waals surface area contributed by atoms with Gasteiger partial charge in [-0.15, -0.1) is 0 Å². The van der Waals surface area contributed by atoms with Crippen molar-refractivity contribution >= 4 is 28.4 Å². The molecule has 0 aliphatic carbocycles. The number of anilines is 1. The van der Waals surface area contributed by atoms with Gasteiger partial charge in [-0.2, -0.15) is 0 Å². The number of nitrogens with one attached hydrogen (secondary N) is 1. The van der Waals surface area contributed by atoms with Crippen LogP contribution in [0.4, 0.5) is 5.69 Å². The minimum atomic E-state index is -0.625. The van der Waals surface area contributed by atoms with E-state index in [1.165, 1.54) is 0 Å². The van der Waals surface area contributed by atoms with Crippen LogP contribution in [-0.2, 0) is 16.1 Å². The van der Waals surface area contributed by atoms with Crippen LogP contribution < -0.4 is 5.32 Å². The molecule has 2 amide bonds. The number of likely N-dealkylation sites (tertiary alicyclic amines) is 1. The number of benzene rings is 1. The van der Waals surface area contributed by atoms with Crippen molar-refractivity contribution in [3.8, 4) is 0 Å². The highest BCUT2D eigenvalue weighted by molar-refractivity contribution is 6.39. The summed E-state index contributed by atoms with van der Waals surface area (Å²) in [6, 6.07) is 9.47. The maximum atomic E-state index is 12.6. The second kappa shape index (κ2) is 6.95.